The summed E-state index contributed by atoms with van der Waals surface area (Å²) in [7, 11) is 1.57. The van der Waals surface area contributed by atoms with Gasteiger partial charge in [0, 0.05) is 31.6 Å². The number of hydrogen-bond acceptors (Lipinski definition) is 7. The molecule has 2 heterocycles. The van der Waals surface area contributed by atoms with E-state index in [0.717, 1.165) is 44.1 Å². The van der Waals surface area contributed by atoms with E-state index in [1.807, 2.05) is 17.0 Å². The number of benzene rings is 1. The van der Waals surface area contributed by atoms with E-state index in [0.29, 0.717) is 49.8 Å². The predicted molar refractivity (Wildman–Crippen MR) is 151 cm³/mol. The van der Waals surface area contributed by atoms with Gasteiger partial charge in [0.15, 0.2) is 11.5 Å². The summed E-state index contributed by atoms with van der Waals surface area (Å²) in [6.07, 6.45) is 6.41. The molecule has 1 aromatic carbocycles. The first-order chi connectivity index (χ1) is 18.6. The number of carbonyl (C=O) groups excluding carboxylic acids is 1. The molecule has 3 atom stereocenters. The number of fused-ring (bicyclic) bond motifs is 1. The monoisotopic (exact) mass is 547 g/mol. The number of rotatable bonds is 16. The van der Waals surface area contributed by atoms with E-state index < -0.39 is 11.9 Å². The molecular formula is C30H49N3O6. The topological polar surface area (TPSA) is 115 Å². The van der Waals surface area contributed by atoms with Crippen LogP contribution in [0.5, 0.6) is 17.2 Å². The van der Waals surface area contributed by atoms with Gasteiger partial charge in [-0.15, -0.1) is 0 Å². The fraction of sp³-hybridized carbons (Fsp3) is 0.733. The second-order valence-electron chi connectivity index (χ2n) is 11.8. The Kier molecular flexibility index (Phi) is 11.3. The lowest BCUT2D eigenvalue weighted by Gasteiger charge is -2.35. The van der Waals surface area contributed by atoms with E-state index in [2.05, 4.69) is 32.6 Å². The molecule has 0 saturated carbocycles. The third-order valence-electron chi connectivity index (χ3n) is 8.19. The summed E-state index contributed by atoms with van der Waals surface area (Å²) in [5, 5.41) is 10.6. The van der Waals surface area contributed by atoms with Gasteiger partial charge in [0.05, 0.1) is 19.6 Å². The molecule has 0 spiro atoms. The molecule has 1 amide bonds. The van der Waals surface area contributed by atoms with Crippen LogP contribution < -0.4 is 19.9 Å². The van der Waals surface area contributed by atoms with Crippen LogP contribution in [0.2, 0.25) is 0 Å². The highest BCUT2D eigenvalue weighted by atomic mass is 16.7. The Labute approximate surface area is 233 Å². The lowest BCUT2D eigenvalue weighted by atomic mass is 9.76. The van der Waals surface area contributed by atoms with Gasteiger partial charge in [-0.2, -0.15) is 0 Å². The van der Waals surface area contributed by atoms with Crippen LogP contribution in [0.25, 0.3) is 0 Å². The van der Waals surface area contributed by atoms with Crippen molar-refractivity contribution in [1.29, 1.82) is 0 Å². The molecule has 3 unspecified atom stereocenters. The number of ether oxygens (including phenoxy) is 3. The minimum absolute atomic E-state index is 0.0566. The van der Waals surface area contributed by atoms with Crippen LogP contribution in [-0.2, 0) is 9.59 Å². The van der Waals surface area contributed by atoms with Crippen LogP contribution in [0.1, 0.15) is 84.1 Å². The van der Waals surface area contributed by atoms with Gasteiger partial charge >= 0.3 is 5.97 Å². The fourth-order valence-electron chi connectivity index (χ4n) is 6.22. The summed E-state index contributed by atoms with van der Waals surface area (Å²) < 4.78 is 16.8. The number of methoxy groups -OCH3 is 1. The Bertz CT molecular complexity index is 968. The molecule has 1 fully saturated rings. The van der Waals surface area contributed by atoms with E-state index in [9.17, 15) is 14.7 Å². The Hall–Kier alpha value is -2.52. The molecule has 39 heavy (non-hydrogen) atoms. The summed E-state index contributed by atoms with van der Waals surface area (Å²) in [4.78, 5) is 30.6. The number of carboxylic acids is 1. The minimum atomic E-state index is -0.838. The number of nitrogens with zero attached hydrogens (tertiary/aromatic N) is 2. The maximum absolute atomic E-state index is 13.7. The number of amides is 1. The highest BCUT2D eigenvalue weighted by Gasteiger charge is 2.49. The van der Waals surface area contributed by atoms with Crippen LogP contribution in [0, 0.1) is 11.3 Å². The van der Waals surface area contributed by atoms with E-state index in [-0.39, 0.29) is 36.6 Å². The lowest BCUT2D eigenvalue weighted by Crippen LogP contribution is -2.46. The number of aliphatic carboxylic acids is 1. The molecule has 1 aromatic rings. The van der Waals surface area contributed by atoms with Gasteiger partial charge in [0.25, 0.3) is 0 Å². The average Bonchev–Trinajstić information content (AvgIpc) is 3.50. The fourth-order valence-corrected chi connectivity index (χ4v) is 6.22. The number of likely N-dealkylation sites (tertiary alicyclic amines) is 1. The molecule has 2 aliphatic rings. The number of carbonyl (C=O) groups is 2. The van der Waals surface area contributed by atoms with Crippen molar-refractivity contribution in [2.24, 2.45) is 17.1 Å². The molecule has 0 aliphatic carbocycles. The maximum atomic E-state index is 13.7. The number of carboxylic acid groups (broad SMARTS) is 1. The molecule has 9 heteroatoms. The molecule has 9 nitrogen and oxygen atoms in total. The van der Waals surface area contributed by atoms with Gasteiger partial charge in [-0.3, -0.25) is 14.5 Å². The van der Waals surface area contributed by atoms with Gasteiger partial charge < -0.3 is 30.0 Å². The van der Waals surface area contributed by atoms with Crippen LogP contribution in [0.15, 0.2) is 12.1 Å². The molecule has 0 bridgehead atoms. The normalized spacial score (nSPS) is 20.8. The molecule has 3 rings (SSSR count). The molecular weight excluding hydrogens is 498 g/mol. The summed E-state index contributed by atoms with van der Waals surface area (Å²) in [5.74, 6) is -0.115. The number of unbranched alkanes of at least 4 members (excludes halogenated alkanes) is 2. The Morgan fingerprint density at radius 2 is 1.90 bits per heavy atom. The quantitative estimate of drug-likeness (QED) is 0.291. The van der Waals surface area contributed by atoms with Gasteiger partial charge in [-0.25, -0.2) is 0 Å². The molecule has 0 aromatic heterocycles. The molecule has 1 saturated heterocycles. The second-order valence-corrected chi connectivity index (χ2v) is 11.8. The van der Waals surface area contributed by atoms with Crippen molar-refractivity contribution in [2.45, 2.75) is 84.6 Å². The SMILES string of the molecule is CCCCN(CCCCN)C(=O)CN1CC(c2cc(OC)c3c(c2)OCO3)C(C(=O)O)C1CC(C)(C)CCC. The summed E-state index contributed by atoms with van der Waals surface area (Å²) >= 11 is 0. The first kappa shape index (κ1) is 31.0. The average molecular weight is 548 g/mol. The van der Waals surface area contributed by atoms with Gasteiger partial charge in [-0.05, 0) is 61.8 Å². The number of hydrogen-bond donors (Lipinski definition) is 2. The Balaban J connectivity index is 1.94. The third-order valence-corrected chi connectivity index (χ3v) is 8.19. The molecule has 3 N–H and O–H groups in total. The zero-order valence-electron chi connectivity index (χ0n) is 24.5. The van der Waals surface area contributed by atoms with Crippen molar-refractivity contribution in [2.75, 3.05) is 46.6 Å². The Morgan fingerprint density at radius 3 is 2.54 bits per heavy atom. The van der Waals surface area contributed by atoms with Crippen molar-refractivity contribution >= 4 is 11.9 Å². The third kappa shape index (κ3) is 7.78. The van der Waals surface area contributed by atoms with Crippen molar-refractivity contribution < 1.29 is 28.9 Å². The summed E-state index contributed by atoms with van der Waals surface area (Å²) in [6, 6.07) is 3.48. The molecule has 220 valence electrons. The summed E-state index contributed by atoms with van der Waals surface area (Å²) in [5.41, 5.74) is 6.48. The zero-order chi connectivity index (χ0) is 28.6. The van der Waals surface area contributed by atoms with Crippen LogP contribution in [0.4, 0.5) is 0 Å². The van der Waals surface area contributed by atoms with Gasteiger partial charge in [0.2, 0.25) is 18.4 Å². The van der Waals surface area contributed by atoms with Gasteiger partial charge in [-0.1, -0.05) is 40.5 Å². The standard InChI is InChI=1S/C30H49N3O6/c1-6-8-13-32(14-10-9-12-31)26(34)19-33-18-22(21-15-24(37-5)28-25(16-21)38-20-39-28)27(29(35)36)23(33)17-30(3,4)11-7-2/h15-16,22-23,27H,6-14,17-20,31H2,1-5H3,(H,35,36). The highest BCUT2D eigenvalue weighted by Crippen LogP contribution is 2.48. The van der Waals surface area contributed by atoms with Crippen molar-refractivity contribution in [3.05, 3.63) is 17.7 Å². The van der Waals surface area contributed by atoms with Crippen LogP contribution in [0.3, 0.4) is 0 Å². The smallest absolute Gasteiger partial charge is 0.308 e. The van der Waals surface area contributed by atoms with Crippen molar-refractivity contribution in [3.8, 4) is 17.2 Å². The number of nitrogens with two attached hydrogens (primary N) is 1. The van der Waals surface area contributed by atoms with Crippen molar-refractivity contribution in [3.63, 3.8) is 0 Å². The predicted octanol–water partition coefficient (Wildman–Crippen LogP) is 4.48. The van der Waals surface area contributed by atoms with Crippen LogP contribution >= 0.6 is 0 Å². The zero-order valence-corrected chi connectivity index (χ0v) is 24.5. The molecule has 2 aliphatic heterocycles. The molecule has 0 radical (unpaired) electrons. The van der Waals surface area contributed by atoms with Gasteiger partial charge in [0.1, 0.15) is 0 Å². The first-order valence-electron chi connectivity index (χ1n) is 14.6. The van der Waals surface area contributed by atoms with E-state index >= 15 is 0 Å². The van der Waals surface area contributed by atoms with Crippen molar-refractivity contribution in [1.82, 2.24) is 9.80 Å². The summed E-state index contributed by atoms with van der Waals surface area (Å²) in [6.45, 7) is 11.5. The van der Waals surface area contributed by atoms with E-state index in [1.54, 1.807) is 7.11 Å². The Morgan fingerprint density at radius 1 is 1.15 bits per heavy atom. The van der Waals surface area contributed by atoms with Crippen LogP contribution in [-0.4, -0.2) is 79.5 Å². The largest absolute Gasteiger partial charge is 0.493 e. The minimum Gasteiger partial charge on any atom is -0.493 e. The van der Waals surface area contributed by atoms with E-state index in [4.69, 9.17) is 19.9 Å². The highest BCUT2D eigenvalue weighted by molar-refractivity contribution is 5.79. The van der Waals surface area contributed by atoms with E-state index in [1.165, 1.54) is 0 Å². The first-order valence-corrected chi connectivity index (χ1v) is 14.6. The lowest BCUT2D eigenvalue weighted by molar-refractivity contribution is -0.144. The maximum Gasteiger partial charge on any atom is 0.308 e. The second kappa shape index (κ2) is 14.2.